The Labute approximate surface area is 92.5 Å². The number of ketones is 1. The first-order valence-corrected chi connectivity index (χ1v) is 5.72. The van der Waals surface area contributed by atoms with E-state index < -0.39 is 0 Å². The van der Waals surface area contributed by atoms with Gasteiger partial charge in [0.2, 0.25) is 0 Å². The largest absolute Gasteiger partial charge is 0.374 e. The Balaban J connectivity index is 2.25. The minimum atomic E-state index is 0.0676. The number of benzene rings is 1. The highest BCUT2D eigenvalue weighted by Crippen LogP contribution is 2.25. The molecule has 0 amide bonds. The lowest BCUT2D eigenvalue weighted by Crippen LogP contribution is -2.06. The number of thiophene rings is 1. The van der Waals surface area contributed by atoms with Crippen molar-refractivity contribution in [1.82, 2.24) is 0 Å². The summed E-state index contributed by atoms with van der Waals surface area (Å²) in [7, 11) is 0. The molecular formula is C12H12O2S. The van der Waals surface area contributed by atoms with Gasteiger partial charge in [0.1, 0.15) is 6.61 Å². The van der Waals surface area contributed by atoms with Crippen LogP contribution < -0.4 is 0 Å². The fraction of sp³-hybridized carbons (Fsp3) is 0.250. The average Bonchev–Trinajstić information content (AvgIpc) is 2.69. The molecule has 0 bridgehead atoms. The number of Topliss-reactive ketones (excluding diaryl/α,β-unsaturated/α-hetero) is 1. The summed E-state index contributed by atoms with van der Waals surface area (Å²) in [6.07, 6.45) is 0. The molecule has 0 aliphatic carbocycles. The lowest BCUT2D eigenvalue weighted by atomic mass is 10.2. The van der Waals surface area contributed by atoms with Crippen molar-refractivity contribution in [3.63, 3.8) is 0 Å². The zero-order valence-corrected chi connectivity index (χ0v) is 9.34. The third-order valence-electron chi connectivity index (χ3n) is 2.14. The van der Waals surface area contributed by atoms with Gasteiger partial charge in [0.25, 0.3) is 0 Å². The first-order chi connectivity index (χ1) is 7.31. The molecule has 1 heterocycles. The third kappa shape index (κ3) is 2.25. The Morgan fingerprint density at radius 2 is 2.20 bits per heavy atom. The van der Waals surface area contributed by atoms with Crippen LogP contribution >= 0.6 is 11.3 Å². The molecule has 15 heavy (non-hydrogen) atoms. The minimum Gasteiger partial charge on any atom is -0.374 e. The summed E-state index contributed by atoms with van der Waals surface area (Å²) in [6.45, 7) is 2.65. The smallest absolute Gasteiger partial charge is 0.198 e. The van der Waals surface area contributed by atoms with Crippen molar-refractivity contribution in [2.24, 2.45) is 0 Å². The van der Waals surface area contributed by atoms with Gasteiger partial charge in [-0.3, -0.25) is 4.79 Å². The molecule has 2 nitrogen and oxygen atoms in total. The van der Waals surface area contributed by atoms with Gasteiger partial charge in [-0.25, -0.2) is 0 Å². The predicted molar refractivity (Wildman–Crippen MR) is 62.6 cm³/mol. The normalized spacial score (nSPS) is 10.7. The van der Waals surface area contributed by atoms with Crippen molar-refractivity contribution in [2.75, 3.05) is 13.2 Å². The van der Waals surface area contributed by atoms with Gasteiger partial charge >= 0.3 is 0 Å². The van der Waals surface area contributed by atoms with Crippen LogP contribution in [-0.4, -0.2) is 19.0 Å². The summed E-state index contributed by atoms with van der Waals surface area (Å²) in [5.74, 6) is 0.0676. The van der Waals surface area contributed by atoms with Crippen molar-refractivity contribution >= 4 is 27.2 Å². The Hall–Kier alpha value is -1.19. The van der Waals surface area contributed by atoms with Crippen molar-refractivity contribution < 1.29 is 9.53 Å². The first kappa shape index (κ1) is 10.3. The Morgan fingerprint density at radius 3 is 2.93 bits per heavy atom. The molecule has 1 aromatic heterocycles. The van der Waals surface area contributed by atoms with Crippen molar-refractivity contribution in [1.29, 1.82) is 0 Å². The van der Waals surface area contributed by atoms with Gasteiger partial charge in [0.05, 0.1) is 4.88 Å². The highest BCUT2D eigenvalue weighted by molar-refractivity contribution is 7.20. The van der Waals surface area contributed by atoms with Crippen LogP contribution in [0, 0.1) is 0 Å². The molecule has 0 N–H and O–H groups in total. The zero-order chi connectivity index (χ0) is 10.7. The highest BCUT2D eigenvalue weighted by Gasteiger charge is 2.09. The molecule has 0 radical (unpaired) electrons. The van der Waals surface area contributed by atoms with Crippen molar-refractivity contribution in [2.45, 2.75) is 6.92 Å². The number of hydrogen-bond donors (Lipinski definition) is 0. The number of carbonyl (C=O) groups excluding carboxylic acids is 1. The molecule has 0 saturated heterocycles. The summed E-state index contributed by atoms with van der Waals surface area (Å²) >= 11 is 1.53. The Bertz CT molecular complexity index is 440. The number of fused-ring (bicyclic) bond motifs is 1. The third-order valence-corrected chi connectivity index (χ3v) is 3.29. The molecule has 0 unspecified atom stereocenters. The fourth-order valence-corrected chi connectivity index (χ4v) is 2.37. The maximum atomic E-state index is 11.7. The van der Waals surface area contributed by atoms with Crippen LogP contribution in [-0.2, 0) is 4.74 Å². The quantitative estimate of drug-likeness (QED) is 0.740. The maximum absolute atomic E-state index is 11.7. The van der Waals surface area contributed by atoms with Crippen LogP contribution in [0.15, 0.2) is 30.3 Å². The highest BCUT2D eigenvalue weighted by atomic mass is 32.1. The minimum absolute atomic E-state index is 0.0676. The van der Waals surface area contributed by atoms with E-state index in [2.05, 4.69) is 0 Å². The molecule has 1 aromatic carbocycles. The molecule has 0 saturated carbocycles. The second kappa shape index (κ2) is 4.55. The standard InChI is InChI=1S/C12H12O2S/c1-2-14-8-10(13)12-7-9-5-3-4-6-11(9)15-12/h3-7H,2,8H2,1H3. The van der Waals surface area contributed by atoms with Crippen molar-refractivity contribution in [3.8, 4) is 0 Å². The lowest BCUT2D eigenvalue weighted by molar-refractivity contribution is 0.0787. The Morgan fingerprint density at radius 1 is 1.40 bits per heavy atom. The van der Waals surface area contributed by atoms with Crippen LogP contribution in [0.3, 0.4) is 0 Å². The second-order valence-corrected chi connectivity index (χ2v) is 4.29. The van der Waals surface area contributed by atoms with Crippen LogP contribution in [0.4, 0.5) is 0 Å². The molecule has 78 valence electrons. The molecule has 0 fully saturated rings. The van der Waals surface area contributed by atoms with E-state index in [4.69, 9.17) is 4.74 Å². The molecule has 3 heteroatoms. The number of rotatable bonds is 4. The van der Waals surface area contributed by atoms with Crippen molar-refractivity contribution in [3.05, 3.63) is 35.2 Å². The molecule has 2 aromatic rings. The van der Waals surface area contributed by atoms with E-state index >= 15 is 0 Å². The predicted octanol–water partition coefficient (Wildman–Crippen LogP) is 3.12. The maximum Gasteiger partial charge on any atom is 0.198 e. The first-order valence-electron chi connectivity index (χ1n) is 4.91. The van der Waals surface area contributed by atoms with E-state index in [1.165, 1.54) is 11.3 Å². The van der Waals surface area contributed by atoms with Crippen LogP contribution in [0.25, 0.3) is 10.1 Å². The monoisotopic (exact) mass is 220 g/mol. The molecule has 0 spiro atoms. The van der Waals surface area contributed by atoms with Gasteiger partial charge in [-0.2, -0.15) is 0 Å². The van der Waals surface area contributed by atoms with E-state index in [0.29, 0.717) is 6.61 Å². The van der Waals surface area contributed by atoms with E-state index in [-0.39, 0.29) is 12.4 Å². The van der Waals surface area contributed by atoms with Gasteiger partial charge in [-0.15, -0.1) is 11.3 Å². The van der Waals surface area contributed by atoms with E-state index in [1.54, 1.807) is 0 Å². The SMILES string of the molecule is CCOCC(=O)c1cc2ccccc2s1. The van der Waals surface area contributed by atoms with Crippen LogP contribution in [0.1, 0.15) is 16.6 Å². The molecule has 0 atom stereocenters. The van der Waals surface area contributed by atoms with Gasteiger partial charge in [-0.1, -0.05) is 18.2 Å². The van der Waals surface area contributed by atoms with Crippen LogP contribution in [0.2, 0.25) is 0 Å². The van der Waals surface area contributed by atoms with Gasteiger partial charge in [0, 0.05) is 11.3 Å². The summed E-state index contributed by atoms with van der Waals surface area (Å²) in [6, 6.07) is 9.93. The molecular weight excluding hydrogens is 208 g/mol. The average molecular weight is 220 g/mol. The summed E-state index contributed by atoms with van der Waals surface area (Å²) < 4.78 is 6.25. The van der Waals surface area contributed by atoms with E-state index in [1.807, 2.05) is 37.3 Å². The summed E-state index contributed by atoms with van der Waals surface area (Å²) in [5, 5.41) is 1.13. The molecule has 0 aliphatic heterocycles. The van der Waals surface area contributed by atoms with Crippen LogP contribution in [0.5, 0.6) is 0 Å². The topological polar surface area (TPSA) is 26.3 Å². The van der Waals surface area contributed by atoms with Gasteiger partial charge in [-0.05, 0) is 24.4 Å². The number of ether oxygens (including phenoxy) is 1. The summed E-state index contributed by atoms with van der Waals surface area (Å²) in [4.78, 5) is 12.4. The van der Waals surface area contributed by atoms with Gasteiger partial charge in [0.15, 0.2) is 5.78 Å². The summed E-state index contributed by atoms with van der Waals surface area (Å²) in [5.41, 5.74) is 0. The molecule has 0 aliphatic rings. The number of carbonyl (C=O) groups is 1. The fourth-order valence-electron chi connectivity index (χ4n) is 1.39. The van der Waals surface area contributed by atoms with E-state index in [0.717, 1.165) is 15.0 Å². The zero-order valence-electron chi connectivity index (χ0n) is 8.53. The second-order valence-electron chi connectivity index (χ2n) is 3.21. The van der Waals surface area contributed by atoms with E-state index in [9.17, 15) is 4.79 Å². The van der Waals surface area contributed by atoms with Gasteiger partial charge < -0.3 is 4.74 Å². The number of hydrogen-bond acceptors (Lipinski definition) is 3. The lowest BCUT2D eigenvalue weighted by Gasteiger charge is -1.96. The molecule has 2 rings (SSSR count). The Kier molecular flexibility index (Phi) is 3.14.